The van der Waals surface area contributed by atoms with Crippen LogP contribution in [0.5, 0.6) is 0 Å². The molecule has 0 bridgehead atoms. The fourth-order valence-electron chi connectivity index (χ4n) is 5.48. The van der Waals surface area contributed by atoms with Gasteiger partial charge in [0.25, 0.3) is 0 Å². The Bertz CT molecular complexity index is 1020. The van der Waals surface area contributed by atoms with Gasteiger partial charge in [-0.1, -0.05) is 122 Å². The minimum absolute atomic E-state index is 0.0178. The van der Waals surface area contributed by atoms with Crippen LogP contribution < -0.4 is 10.4 Å². The van der Waals surface area contributed by atoms with Crippen molar-refractivity contribution in [3.05, 3.63) is 95.1 Å². The van der Waals surface area contributed by atoms with E-state index in [2.05, 4.69) is 112 Å². The van der Waals surface area contributed by atoms with Crippen LogP contribution in [0.1, 0.15) is 22.3 Å². The minimum atomic E-state index is -1.47. The second-order valence-electron chi connectivity index (χ2n) is 12.4. The van der Waals surface area contributed by atoms with Crippen LogP contribution in [0.4, 0.5) is 0 Å². The van der Waals surface area contributed by atoms with E-state index in [9.17, 15) is 0 Å². The zero-order valence-electron chi connectivity index (χ0n) is 22.5. The second kappa shape index (κ2) is 10.6. The molecule has 0 fully saturated rings. The molecule has 0 radical (unpaired) electrons. The Hall–Kier alpha value is -1.99. The Kier molecular flexibility index (Phi) is 7.87. The molecule has 0 spiro atoms. The first-order valence-electron chi connectivity index (χ1n) is 13.0. The van der Waals surface area contributed by atoms with Crippen molar-refractivity contribution < 1.29 is 9.47 Å². The van der Waals surface area contributed by atoms with Crippen molar-refractivity contribution in [2.24, 2.45) is 5.41 Å². The number of hydrogen-bond acceptors (Lipinski definition) is 2. The fraction of sp³-hybridized carbons (Fsp3) is 0.419. The molecule has 0 saturated carbocycles. The van der Waals surface area contributed by atoms with Gasteiger partial charge < -0.3 is 9.47 Å². The number of rotatable bonds is 10. The fourth-order valence-corrected chi connectivity index (χ4v) is 8.94. The number of fused-ring (bicyclic) bond motifs is 1. The summed E-state index contributed by atoms with van der Waals surface area (Å²) in [5.74, 6) is 0. The quantitative estimate of drug-likeness (QED) is 0.303. The van der Waals surface area contributed by atoms with E-state index in [1.165, 1.54) is 11.1 Å². The molecule has 3 aromatic rings. The predicted octanol–water partition coefficient (Wildman–Crippen LogP) is 6.30. The molecule has 35 heavy (non-hydrogen) atoms. The molecule has 1 aliphatic rings. The predicted molar refractivity (Wildman–Crippen MR) is 154 cm³/mol. The van der Waals surface area contributed by atoms with Crippen LogP contribution in [0.15, 0.2) is 72.8 Å². The topological polar surface area (TPSA) is 18.5 Å². The van der Waals surface area contributed by atoms with Gasteiger partial charge in [0.1, 0.15) is 0 Å². The van der Waals surface area contributed by atoms with Gasteiger partial charge in [0.05, 0.1) is 42.6 Å². The number of hydrogen-bond donors (Lipinski definition) is 0. The van der Waals surface area contributed by atoms with Crippen LogP contribution in [-0.2, 0) is 35.5 Å². The molecular formula is C31H42O2Si2. The van der Waals surface area contributed by atoms with Crippen LogP contribution >= 0.6 is 0 Å². The van der Waals surface area contributed by atoms with Gasteiger partial charge >= 0.3 is 0 Å². The summed E-state index contributed by atoms with van der Waals surface area (Å²) >= 11 is 0. The van der Waals surface area contributed by atoms with Crippen molar-refractivity contribution in [3.63, 3.8) is 0 Å². The molecule has 4 heteroatoms. The summed E-state index contributed by atoms with van der Waals surface area (Å²) in [5, 5.41) is 3.25. The Morgan fingerprint density at radius 3 is 1.29 bits per heavy atom. The summed E-state index contributed by atoms with van der Waals surface area (Å²) in [6.07, 6.45) is 2.12. The van der Waals surface area contributed by atoms with E-state index in [0.717, 1.165) is 26.1 Å². The zero-order valence-corrected chi connectivity index (χ0v) is 24.5. The lowest BCUT2D eigenvalue weighted by atomic mass is 9.86. The average Bonchev–Trinajstić information content (AvgIpc) is 3.17. The van der Waals surface area contributed by atoms with Crippen molar-refractivity contribution in [2.75, 3.05) is 13.2 Å². The van der Waals surface area contributed by atoms with Crippen molar-refractivity contribution in [3.8, 4) is 0 Å². The first-order valence-corrected chi connectivity index (χ1v) is 20.0. The highest BCUT2D eigenvalue weighted by Gasteiger charge is 2.43. The summed E-state index contributed by atoms with van der Waals surface area (Å²) in [6.45, 7) is 17.6. The largest absolute Gasteiger partial charge is 0.376 e. The maximum absolute atomic E-state index is 6.43. The monoisotopic (exact) mass is 502 g/mol. The Labute approximate surface area is 214 Å². The highest BCUT2D eigenvalue weighted by Crippen LogP contribution is 2.38. The molecule has 0 amide bonds. The van der Waals surface area contributed by atoms with Gasteiger partial charge in [-0.3, -0.25) is 0 Å². The van der Waals surface area contributed by atoms with Gasteiger partial charge in [-0.15, -0.1) is 0 Å². The third-order valence-electron chi connectivity index (χ3n) is 7.19. The van der Waals surface area contributed by atoms with Gasteiger partial charge in [0.2, 0.25) is 0 Å². The first-order chi connectivity index (χ1) is 16.6. The van der Waals surface area contributed by atoms with Crippen LogP contribution in [0.25, 0.3) is 0 Å². The smallest absolute Gasteiger partial charge is 0.0779 e. The molecule has 0 N–H and O–H groups in total. The molecule has 0 saturated heterocycles. The first kappa shape index (κ1) is 26.1. The molecular weight excluding hydrogens is 461 g/mol. The SMILES string of the molecule is C[Si](C)(C)c1ccc([Si](C)(C)C)c2c1CC(COCc1ccccc1)(COCc1ccccc1)C2. The third kappa shape index (κ3) is 6.42. The van der Waals surface area contributed by atoms with E-state index >= 15 is 0 Å². The summed E-state index contributed by atoms with van der Waals surface area (Å²) in [4.78, 5) is 0. The highest BCUT2D eigenvalue weighted by molar-refractivity contribution is 6.90. The Morgan fingerprint density at radius 2 is 0.943 bits per heavy atom. The van der Waals surface area contributed by atoms with Gasteiger partial charge in [-0.2, -0.15) is 0 Å². The maximum atomic E-state index is 6.43. The van der Waals surface area contributed by atoms with Crippen molar-refractivity contribution in [2.45, 2.75) is 65.3 Å². The molecule has 0 atom stereocenters. The van der Waals surface area contributed by atoms with Crippen molar-refractivity contribution >= 4 is 26.5 Å². The maximum Gasteiger partial charge on any atom is 0.0779 e. The van der Waals surface area contributed by atoms with Gasteiger partial charge in [-0.05, 0) is 35.1 Å². The molecule has 1 aliphatic carbocycles. The van der Waals surface area contributed by atoms with E-state index in [1.54, 1.807) is 21.5 Å². The van der Waals surface area contributed by atoms with E-state index in [1.807, 2.05) is 0 Å². The summed E-state index contributed by atoms with van der Waals surface area (Å²) < 4.78 is 12.9. The van der Waals surface area contributed by atoms with Crippen LogP contribution in [0, 0.1) is 5.41 Å². The summed E-state index contributed by atoms with van der Waals surface area (Å²) in [6, 6.07) is 26.0. The van der Waals surface area contributed by atoms with E-state index in [-0.39, 0.29) is 5.41 Å². The van der Waals surface area contributed by atoms with Crippen molar-refractivity contribution in [1.29, 1.82) is 0 Å². The van der Waals surface area contributed by atoms with E-state index in [0.29, 0.717) is 13.2 Å². The average molecular weight is 503 g/mol. The molecule has 2 nitrogen and oxygen atoms in total. The number of benzene rings is 3. The van der Waals surface area contributed by atoms with Gasteiger partial charge in [-0.25, -0.2) is 0 Å². The number of ether oxygens (including phenoxy) is 2. The Morgan fingerprint density at radius 1 is 0.571 bits per heavy atom. The van der Waals surface area contributed by atoms with Gasteiger partial charge in [0.15, 0.2) is 0 Å². The molecule has 186 valence electrons. The van der Waals surface area contributed by atoms with E-state index < -0.39 is 16.1 Å². The zero-order chi connectivity index (χ0) is 25.1. The summed E-state index contributed by atoms with van der Waals surface area (Å²) in [7, 11) is -2.94. The molecule has 0 aliphatic heterocycles. The summed E-state index contributed by atoms with van der Waals surface area (Å²) in [5.41, 5.74) is 5.69. The van der Waals surface area contributed by atoms with Gasteiger partial charge in [0, 0.05) is 5.41 Å². The molecule has 4 rings (SSSR count). The molecule has 0 aromatic heterocycles. The standard InChI is InChI=1S/C31H42O2Si2/c1-34(2,3)29-17-18-30(35(4,5)6)28-20-31(19-27(28)29,23-32-21-25-13-9-7-10-14-25)24-33-22-26-15-11-8-12-16-26/h7-18H,19-24H2,1-6H3. The molecule has 0 unspecified atom stereocenters. The lowest BCUT2D eigenvalue weighted by Gasteiger charge is -2.29. The van der Waals surface area contributed by atoms with E-state index in [4.69, 9.17) is 9.47 Å². The third-order valence-corrected chi connectivity index (χ3v) is 11.4. The van der Waals surface area contributed by atoms with Crippen LogP contribution in [0.3, 0.4) is 0 Å². The second-order valence-corrected chi connectivity index (χ2v) is 22.5. The Balaban J connectivity index is 1.62. The minimum Gasteiger partial charge on any atom is -0.376 e. The van der Waals surface area contributed by atoms with Crippen LogP contribution in [0.2, 0.25) is 39.3 Å². The lowest BCUT2D eigenvalue weighted by molar-refractivity contribution is -0.0279. The molecule has 3 aromatic carbocycles. The van der Waals surface area contributed by atoms with Crippen LogP contribution in [-0.4, -0.2) is 29.4 Å². The highest BCUT2D eigenvalue weighted by atomic mass is 28.3. The normalized spacial score (nSPS) is 15.3. The lowest BCUT2D eigenvalue weighted by Crippen LogP contribution is -2.45. The molecule has 0 heterocycles. The van der Waals surface area contributed by atoms with Crippen molar-refractivity contribution in [1.82, 2.24) is 0 Å².